The molecule has 1 unspecified atom stereocenters. The van der Waals surface area contributed by atoms with Crippen LogP contribution in [0.4, 0.5) is 4.79 Å². The van der Waals surface area contributed by atoms with Gasteiger partial charge in [-0.05, 0) is 63.6 Å². The standard InChI is InChI=1S/C24H34N4O5/c1-6-7-19(21(30)25-15-29)28-18-9-8-17(14-20(18)26(5)22(28)31)16-10-12-27(13-11-16)23(32)33-24(2,3)4/h8-9,14-16,19H,6-7,10-13H2,1-5H3,(H,25,29,30). The Kier molecular flexibility index (Phi) is 7.29. The molecule has 0 spiro atoms. The summed E-state index contributed by atoms with van der Waals surface area (Å²) in [4.78, 5) is 50.4. The van der Waals surface area contributed by atoms with Gasteiger partial charge in [0.15, 0.2) is 0 Å². The van der Waals surface area contributed by atoms with E-state index in [4.69, 9.17) is 4.74 Å². The molecule has 3 rings (SSSR count). The number of nitrogens with one attached hydrogen (secondary N) is 1. The van der Waals surface area contributed by atoms with E-state index >= 15 is 0 Å². The summed E-state index contributed by atoms with van der Waals surface area (Å²) in [6, 6.07) is 5.12. The number of amides is 3. The number of carbonyl (C=O) groups is 3. The van der Waals surface area contributed by atoms with Crippen LogP contribution >= 0.6 is 0 Å². The van der Waals surface area contributed by atoms with Crippen LogP contribution in [0, 0.1) is 0 Å². The van der Waals surface area contributed by atoms with Crippen LogP contribution in [-0.2, 0) is 21.4 Å². The number of hydrogen-bond acceptors (Lipinski definition) is 5. The van der Waals surface area contributed by atoms with E-state index in [0.717, 1.165) is 23.9 Å². The van der Waals surface area contributed by atoms with Crippen LogP contribution in [-0.4, -0.2) is 51.1 Å². The summed E-state index contributed by atoms with van der Waals surface area (Å²) in [5.74, 6) is -0.226. The minimum atomic E-state index is -0.751. The van der Waals surface area contributed by atoms with Crippen LogP contribution in [0.3, 0.4) is 0 Å². The van der Waals surface area contributed by atoms with Crippen molar-refractivity contribution in [1.82, 2.24) is 19.4 Å². The number of fused-ring (bicyclic) bond motifs is 1. The second kappa shape index (κ2) is 9.80. The number of imidazole rings is 1. The van der Waals surface area contributed by atoms with E-state index in [0.29, 0.717) is 37.9 Å². The first-order chi connectivity index (χ1) is 15.6. The van der Waals surface area contributed by atoms with E-state index < -0.39 is 17.6 Å². The first kappa shape index (κ1) is 24.5. The summed E-state index contributed by atoms with van der Waals surface area (Å²) in [6.45, 7) is 8.73. The smallest absolute Gasteiger partial charge is 0.410 e. The average molecular weight is 459 g/mol. The van der Waals surface area contributed by atoms with Gasteiger partial charge < -0.3 is 9.64 Å². The van der Waals surface area contributed by atoms with E-state index in [2.05, 4.69) is 5.32 Å². The molecule has 1 saturated heterocycles. The number of carbonyl (C=O) groups excluding carboxylic acids is 3. The van der Waals surface area contributed by atoms with Gasteiger partial charge in [0.2, 0.25) is 12.3 Å². The molecule has 0 aliphatic carbocycles. The van der Waals surface area contributed by atoms with Gasteiger partial charge in [-0.25, -0.2) is 9.59 Å². The van der Waals surface area contributed by atoms with Gasteiger partial charge in [0.1, 0.15) is 11.6 Å². The summed E-state index contributed by atoms with van der Waals surface area (Å²) in [6.07, 6.45) is 2.81. The van der Waals surface area contributed by atoms with E-state index in [9.17, 15) is 19.2 Å². The summed E-state index contributed by atoms with van der Waals surface area (Å²) in [5, 5.41) is 2.19. The fraction of sp³-hybridized carbons (Fsp3) is 0.583. The third kappa shape index (κ3) is 5.29. The maximum absolute atomic E-state index is 13.0. The Balaban J connectivity index is 1.85. The highest BCUT2D eigenvalue weighted by atomic mass is 16.6. The van der Waals surface area contributed by atoms with Crippen molar-refractivity contribution in [2.24, 2.45) is 7.05 Å². The molecular weight excluding hydrogens is 424 g/mol. The maximum Gasteiger partial charge on any atom is 0.410 e. The Morgan fingerprint density at radius 2 is 1.88 bits per heavy atom. The minimum absolute atomic E-state index is 0.260. The molecule has 0 radical (unpaired) electrons. The molecule has 0 bridgehead atoms. The molecule has 1 N–H and O–H groups in total. The first-order valence-electron chi connectivity index (χ1n) is 11.5. The third-order valence-electron chi connectivity index (χ3n) is 6.11. The van der Waals surface area contributed by atoms with Crippen molar-refractivity contribution in [2.75, 3.05) is 13.1 Å². The van der Waals surface area contributed by atoms with Crippen molar-refractivity contribution in [3.05, 3.63) is 34.2 Å². The van der Waals surface area contributed by atoms with Crippen LogP contribution in [0.5, 0.6) is 0 Å². The van der Waals surface area contributed by atoms with Crippen molar-refractivity contribution < 1.29 is 19.1 Å². The Bertz CT molecular complexity index is 1090. The summed E-state index contributed by atoms with van der Waals surface area (Å²) in [5.41, 5.74) is 1.70. The molecule has 1 atom stereocenters. The van der Waals surface area contributed by atoms with E-state index in [-0.39, 0.29) is 17.7 Å². The molecule has 1 aromatic carbocycles. The lowest BCUT2D eigenvalue weighted by atomic mass is 9.89. The van der Waals surface area contributed by atoms with Crippen molar-refractivity contribution >= 4 is 29.4 Å². The van der Waals surface area contributed by atoms with Crippen molar-refractivity contribution in [3.8, 4) is 0 Å². The average Bonchev–Trinajstić information content (AvgIpc) is 3.01. The molecule has 33 heavy (non-hydrogen) atoms. The molecule has 1 aliphatic rings. The van der Waals surface area contributed by atoms with Gasteiger partial charge in [-0.15, -0.1) is 0 Å². The molecule has 180 valence electrons. The zero-order valence-corrected chi connectivity index (χ0v) is 20.1. The van der Waals surface area contributed by atoms with E-state index in [1.54, 1.807) is 16.5 Å². The fourth-order valence-electron chi connectivity index (χ4n) is 4.46. The number of likely N-dealkylation sites (tertiary alicyclic amines) is 1. The molecule has 2 heterocycles. The first-order valence-corrected chi connectivity index (χ1v) is 11.5. The second-order valence-corrected chi connectivity index (χ2v) is 9.63. The predicted octanol–water partition coefficient (Wildman–Crippen LogP) is 3.07. The monoisotopic (exact) mass is 458 g/mol. The second-order valence-electron chi connectivity index (χ2n) is 9.63. The van der Waals surface area contributed by atoms with Crippen LogP contribution in [0.2, 0.25) is 0 Å². The molecule has 1 aromatic heterocycles. The van der Waals surface area contributed by atoms with Crippen LogP contribution in [0.1, 0.15) is 70.9 Å². The molecule has 1 aliphatic heterocycles. The third-order valence-corrected chi connectivity index (χ3v) is 6.11. The predicted molar refractivity (Wildman–Crippen MR) is 125 cm³/mol. The summed E-state index contributed by atoms with van der Waals surface area (Å²) >= 11 is 0. The topological polar surface area (TPSA) is 103 Å². The molecule has 9 heteroatoms. The highest BCUT2D eigenvalue weighted by Gasteiger charge is 2.29. The van der Waals surface area contributed by atoms with Crippen molar-refractivity contribution in [3.63, 3.8) is 0 Å². The zero-order chi connectivity index (χ0) is 24.3. The lowest BCUT2D eigenvalue weighted by molar-refractivity contribution is -0.128. The quantitative estimate of drug-likeness (QED) is 0.670. The number of hydrogen-bond donors (Lipinski definition) is 1. The number of rotatable bonds is 6. The normalized spacial score (nSPS) is 16.0. The number of imide groups is 1. The lowest BCUT2D eigenvalue weighted by Crippen LogP contribution is -2.41. The highest BCUT2D eigenvalue weighted by Crippen LogP contribution is 2.31. The fourth-order valence-corrected chi connectivity index (χ4v) is 4.46. The Labute approximate surface area is 193 Å². The molecule has 3 amide bonds. The largest absolute Gasteiger partial charge is 0.444 e. The highest BCUT2D eigenvalue weighted by molar-refractivity contribution is 5.90. The van der Waals surface area contributed by atoms with Gasteiger partial charge in [0.05, 0.1) is 11.0 Å². The minimum Gasteiger partial charge on any atom is -0.444 e. The number of aryl methyl sites for hydroxylation is 1. The summed E-state index contributed by atoms with van der Waals surface area (Å²) in [7, 11) is 1.69. The number of ether oxygens (including phenoxy) is 1. The Hall–Kier alpha value is -3.10. The van der Waals surface area contributed by atoms with E-state index in [1.807, 2.05) is 45.9 Å². The number of piperidine rings is 1. The molecule has 0 saturated carbocycles. The SMILES string of the molecule is CCCC(C(=O)NC=O)n1c(=O)n(C)c2cc(C3CCN(C(=O)OC(C)(C)C)CC3)ccc21. The van der Waals surface area contributed by atoms with Crippen LogP contribution < -0.4 is 11.0 Å². The Morgan fingerprint density at radius 1 is 1.21 bits per heavy atom. The number of aromatic nitrogens is 2. The summed E-state index contributed by atoms with van der Waals surface area (Å²) < 4.78 is 8.50. The lowest BCUT2D eigenvalue weighted by Gasteiger charge is -2.33. The maximum atomic E-state index is 13.0. The molecule has 1 fully saturated rings. The van der Waals surface area contributed by atoms with Gasteiger partial charge in [-0.3, -0.25) is 24.0 Å². The van der Waals surface area contributed by atoms with Crippen molar-refractivity contribution in [2.45, 2.75) is 70.9 Å². The molecular formula is C24H34N4O5. The van der Waals surface area contributed by atoms with Crippen molar-refractivity contribution in [1.29, 1.82) is 0 Å². The number of benzene rings is 1. The zero-order valence-electron chi connectivity index (χ0n) is 20.1. The Morgan fingerprint density at radius 3 is 2.45 bits per heavy atom. The van der Waals surface area contributed by atoms with Gasteiger partial charge in [0.25, 0.3) is 0 Å². The van der Waals surface area contributed by atoms with Crippen LogP contribution in [0.25, 0.3) is 11.0 Å². The van der Waals surface area contributed by atoms with Gasteiger partial charge in [-0.2, -0.15) is 0 Å². The number of nitrogens with zero attached hydrogens (tertiary/aromatic N) is 3. The molecule has 9 nitrogen and oxygen atoms in total. The van der Waals surface area contributed by atoms with Crippen LogP contribution in [0.15, 0.2) is 23.0 Å². The van der Waals surface area contributed by atoms with Gasteiger partial charge >= 0.3 is 11.8 Å². The van der Waals surface area contributed by atoms with E-state index in [1.165, 1.54) is 4.57 Å². The van der Waals surface area contributed by atoms with Gasteiger partial charge in [-0.1, -0.05) is 19.4 Å². The van der Waals surface area contributed by atoms with Gasteiger partial charge in [0, 0.05) is 20.1 Å². The molecule has 2 aromatic rings.